The number of carboxylic acid groups (broad SMARTS) is 1. The molecule has 3 aromatic heterocycles. The van der Waals surface area contributed by atoms with Gasteiger partial charge in [-0.25, -0.2) is 4.57 Å². The van der Waals surface area contributed by atoms with Crippen molar-refractivity contribution in [2.24, 2.45) is 5.16 Å². The molecule has 5 heterocycles. The first-order chi connectivity index (χ1) is 19.3. The molecule has 40 heavy (non-hydrogen) atoms. The van der Waals surface area contributed by atoms with Gasteiger partial charge in [-0.3, -0.25) is 14.5 Å². The van der Waals surface area contributed by atoms with E-state index in [1.54, 1.807) is 28.9 Å². The molecule has 6 rings (SSSR count). The number of thioether (sulfide) groups is 1. The molecule has 2 aliphatic heterocycles. The molecule has 2 atom stereocenters. The fourth-order valence-electron chi connectivity index (χ4n) is 5.12. The van der Waals surface area contributed by atoms with Crippen LogP contribution in [-0.2, 0) is 25.8 Å². The molecule has 0 bridgehead atoms. The van der Waals surface area contributed by atoms with Gasteiger partial charge in [-0.15, -0.1) is 11.8 Å². The summed E-state index contributed by atoms with van der Waals surface area (Å²) in [6.07, 6.45) is 7.13. The summed E-state index contributed by atoms with van der Waals surface area (Å²) in [5, 5.41) is 18.4. The maximum atomic E-state index is 13.2. The van der Waals surface area contributed by atoms with Crippen molar-refractivity contribution in [3.8, 4) is 0 Å². The molecule has 1 saturated carbocycles. The Hall–Kier alpha value is -4.18. The maximum absolute atomic E-state index is 13.2. The van der Waals surface area contributed by atoms with Gasteiger partial charge in [0.2, 0.25) is 11.5 Å². The Morgan fingerprint density at radius 3 is 2.80 bits per heavy atom. The van der Waals surface area contributed by atoms with Crippen molar-refractivity contribution >= 4 is 63.4 Å². The molecule has 5 N–H and O–H groups in total. The summed E-state index contributed by atoms with van der Waals surface area (Å²) in [6.45, 7) is 0.218. The lowest BCUT2D eigenvalue weighted by Crippen LogP contribution is -2.71. The number of nitrogen functional groups attached to an aromatic ring is 2. The van der Waals surface area contributed by atoms with E-state index in [0.717, 1.165) is 42.9 Å². The summed E-state index contributed by atoms with van der Waals surface area (Å²) >= 11 is 2.25. The molecular formula is C24H25N9O5S2. The first-order valence-electron chi connectivity index (χ1n) is 12.6. The Kier molecular flexibility index (Phi) is 6.79. The number of carboxylic acids is 1. The number of β-lactam (4-membered cyclic amide) rings is 1. The van der Waals surface area contributed by atoms with Crippen molar-refractivity contribution in [3.63, 3.8) is 0 Å². The molecule has 16 heteroatoms. The van der Waals surface area contributed by atoms with Crippen LogP contribution in [0, 0.1) is 0 Å². The van der Waals surface area contributed by atoms with Gasteiger partial charge < -0.3 is 31.5 Å². The largest absolute Gasteiger partial charge is 0.543 e. The van der Waals surface area contributed by atoms with Crippen molar-refractivity contribution in [2.45, 2.75) is 49.7 Å². The Labute approximate surface area is 235 Å². The third kappa shape index (κ3) is 4.62. The minimum absolute atomic E-state index is 0.00649. The Balaban J connectivity index is 1.22. The zero-order valence-electron chi connectivity index (χ0n) is 21.1. The number of hydrogen-bond acceptors (Lipinski definition) is 12. The summed E-state index contributed by atoms with van der Waals surface area (Å²) in [4.78, 5) is 49.5. The summed E-state index contributed by atoms with van der Waals surface area (Å²) in [7, 11) is 0. The summed E-state index contributed by atoms with van der Waals surface area (Å²) in [5.41, 5.74) is 12.6. The van der Waals surface area contributed by atoms with Crippen LogP contribution in [-0.4, -0.2) is 65.4 Å². The maximum Gasteiger partial charge on any atom is 0.288 e. The molecule has 14 nitrogen and oxygen atoms in total. The molecule has 0 radical (unpaired) electrons. The molecule has 1 saturated heterocycles. The van der Waals surface area contributed by atoms with E-state index < -0.39 is 29.2 Å². The minimum atomic E-state index is -1.46. The van der Waals surface area contributed by atoms with Crippen LogP contribution >= 0.6 is 23.3 Å². The van der Waals surface area contributed by atoms with Crippen LogP contribution in [0.2, 0.25) is 0 Å². The smallest absolute Gasteiger partial charge is 0.288 e. The third-order valence-corrected chi connectivity index (χ3v) is 8.96. The first kappa shape index (κ1) is 26.1. The molecule has 0 spiro atoms. The Morgan fingerprint density at radius 2 is 2.08 bits per heavy atom. The highest BCUT2D eigenvalue weighted by Gasteiger charge is 2.53. The number of nitrogens with one attached hydrogen (secondary N) is 1. The minimum Gasteiger partial charge on any atom is -0.543 e. The topological polar surface area (TPSA) is 197 Å². The zero-order chi connectivity index (χ0) is 28.0. The second-order valence-electron chi connectivity index (χ2n) is 9.61. The van der Waals surface area contributed by atoms with Gasteiger partial charge in [0.05, 0.1) is 11.7 Å². The lowest BCUT2D eigenvalue weighted by Gasteiger charge is -2.50. The number of imidazole rings is 1. The van der Waals surface area contributed by atoms with Crippen LogP contribution < -0.4 is 26.5 Å². The van der Waals surface area contributed by atoms with Gasteiger partial charge in [0, 0.05) is 35.0 Å². The molecule has 1 aliphatic carbocycles. The van der Waals surface area contributed by atoms with Crippen LogP contribution in [0.25, 0.3) is 5.65 Å². The lowest BCUT2D eigenvalue weighted by molar-refractivity contribution is -0.662. The van der Waals surface area contributed by atoms with Gasteiger partial charge in [0.1, 0.15) is 36.5 Å². The fraction of sp³-hybridized carbons (Fsp3) is 0.375. The van der Waals surface area contributed by atoms with Gasteiger partial charge >= 0.3 is 0 Å². The predicted molar refractivity (Wildman–Crippen MR) is 143 cm³/mol. The number of oxime groups is 1. The van der Waals surface area contributed by atoms with E-state index in [1.165, 1.54) is 16.7 Å². The Bertz CT molecular complexity index is 1580. The summed E-state index contributed by atoms with van der Waals surface area (Å²) < 4.78 is 7.69. The summed E-state index contributed by atoms with van der Waals surface area (Å²) in [6, 6.07) is 4.44. The molecular weight excluding hydrogens is 558 g/mol. The number of amides is 2. The van der Waals surface area contributed by atoms with Crippen molar-refractivity contribution in [2.75, 3.05) is 17.2 Å². The highest BCUT2D eigenvalue weighted by Crippen LogP contribution is 2.40. The van der Waals surface area contributed by atoms with Crippen molar-refractivity contribution in [1.29, 1.82) is 0 Å². The monoisotopic (exact) mass is 583 g/mol. The second-order valence-corrected chi connectivity index (χ2v) is 11.5. The van der Waals surface area contributed by atoms with Gasteiger partial charge in [-0.05, 0) is 31.7 Å². The first-order valence-corrected chi connectivity index (χ1v) is 14.4. The normalized spacial score (nSPS) is 21.4. The second kappa shape index (κ2) is 10.4. The average Bonchev–Trinajstić information content (AvgIpc) is 3.70. The standard InChI is InChI=1S/C24H25N9O5S2/c25-14-6-3-7-15-31(8-9-32(14)15)10-12-11-39-22-17(21(35)33(22)18(12)23(36)37)27-20(34)16(19-28-24(26)40-30-19)29-38-13-4-1-2-5-13/h3,6-9,13,17,22,25H,1-2,4-5,10-11H2,(H4,26,27,28,30,34,36,37)/b29-16-/t17-,22-/m1/s1. The van der Waals surface area contributed by atoms with Crippen LogP contribution in [0.3, 0.4) is 0 Å². The number of nitrogens with two attached hydrogens (primary N) is 2. The van der Waals surface area contributed by atoms with Gasteiger partial charge in [-0.2, -0.15) is 13.8 Å². The highest BCUT2D eigenvalue weighted by atomic mass is 32.2. The molecule has 3 aromatic rings. The number of anilines is 2. The van der Waals surface area contributed by atoms with E-state index in [0.29, 0.717) is 17.1 Å². The van der Waals surface area contributed by atoms with Gasteiger partial charge in [0.15, 0.2) is 10.9 Å². The van der Waals surface area contributed by atoms with Crippen molar-refractivity contribution < 1.29 is 28.9 Å². The van der Waals surface area contributed by atoms with Crippen LogP contribution in [0.5, 0.6) is 0 Å². The van der Waals surface area contributed by atoms with E-state index in [-0.39, 0.29) is 35.0 Å². The number of aliphatic carboxylic acids is 1. The number of carbonyl (C=O) groups is 3. The van der Waals surface area contributed by atoms with Crippen LogP contribution in [0.15, 0.2) is 47.0 Å². The molecule has 0 unspecified atom stereocenters. The van der Waals surface area contributed by atoms with E-state index in [9.17, 15) is 19.5 Å². The third-order valence-electron chi connectivity index (χ3n) is 7.08. The van der Waals surface area contributed by atoms with Gasteiger partial charge in [-0.1, -0.05) is 5.16 Å². The molecule has 2 fully saturated rings. The quantitative estimate of drug-likeness (QED) is 0.128. The number of nitrogens with zero attached hydrogens (tertiary/aromatic N) is 6. The Morgan fingerprint density at radius 1 is 1.27 bits per heavy atom. The summed E-state index contributed by atoms with van der Waals surface area (Å²) in [5.74, 6) is -1.91. The van der Waals surface area contributed by atoms with E-state index in [2.05, 4.69) is 19.8 Å². The van der Waals surface area contributed by atoms with Gasteiger partial charge in [0.25, 0.3) is 17.5 Å². The van der Waals surface area contributed by atoms with E-state index >= 15 is 0 Å². The number of pyridine rings is 1. The number of rotatable bonds is 8. The average molecular weight is 584 g/mol. The zero-order valence-corrected chi connectivity index (χ0v) is 22.7. The van der Waals surface area contributed by atoms with Crippen molar-refractivity contribution in [1.82, 2.24) is 24.0 Å². The lowest BCUT2D eigenvalue weighted by atomic mass is 10.0. The number of carbonyl (C=O) groups excluding carboxylic acids is 3. The van der Waals surface area contributed by atoms with Crippen LogP contribution in [0.4, 0.5) is 10.9 Å². The predicted octanol–water partition coefficient (Wildman–Crippen LogP) is -0.990. The number of aromatic nitrogens is 4. The fourth-order valence-corrected chi connectivity index (χ4v) is 6.89. The molecule has 3 aliphatic rings. The van der Waals surface area contributed by atoms with E-state index in [4.69, 9.17) is 16.3 Å². The van der Waals surface area contributed by atoms with Crippen LogP contribution in [0.1, 0.15) is 31.5 Å². The highest BCUT2D eigenvalue weighted by molar-refractivity contribution is 8.00. The molecule has 0 aromatic carbocycles. The SMILES string of the molecule is Nc1nc(/C(=N/OC2CCCC2)C(=O)N[C@@H]2C(=O)N3C(C(=O)[O-])=C(C[n+]4ccn5c(N)cccc54)CS[C@H]23)ns1. The molecule has 208 valence electrons. The number of fused-ring (bicyclic) bond motifs is 2. The van der Waals surface area contributed by atoms with E-state index in [1.807, 2.05) is 10.6 Å². The molecule has 2 amide bonds. The number of hydrogen-bond donors (Lipinski definition) is 3. The van der Waals surface area contributed by atoms with Crippen molar-refractivity contribution in [3.05, 3.63) is 47.7 Å².